The Morgan fingerprint density at radius 2 is 1.79 bits per heavy atom. The Hall–Kier alpha value is -2.88. The summed E-state index contributed by atoms with van der Waals surface area (Å²) in [6.07, 6.45) is 0.0207. The fourth-order valence-electron chi connectivity index (χ4n) is 4.64. The summed E-state index contributed by atoms with van der Waals surface area (Å²) < 4.78 is 54.6. The third-order valence-electron chi connectivity index (χ3n) is 6.52. The van der Waals surface area contributed by atoms with E-state index in [1.54, 1.807) is 24.5 Å². The van der Waals surface area contributed by atoms with Gasteiger partial charge in [0.05, 0.1) is 12.5 Å². The van der Waals surface area contributed by atoms with E-state index in [0.717, 1.165) is 0 Å². The Balaban J connectivity index is 1.71. The van der Waals surface area contributed by atoms with Gasteiger partial charge in [0.1, 0.15) is 28.7 Å². The van der Waals surface area contributed by atoms with Crippen molar-refractivity contribution in [3.63, 3.8) is 0 Å². The second-order valence-electron chi connectivity index (χ2n) is 9.07. The van der Waals surface area contributed by atoms with E-state index in [1.807, 2.05) is 18.4 Å². The SMILES string of the molecule is CC1(C)c2nc(-c3ccc(F)cc3)c(NC3CCC(C(F)(F)F)CC3)n2C=CN1C(=O)CN. The highest BCUT2D eigenvalue weighted by molar-refractivity contribution is 5.82. The van der Waals surface area contributed by atoms with Gasteiger partial charge in [-0.25, -0.2) is 9.37 Å². The van der Waals surface area contributed by atoms with E-state index in [0.29, 0.717) is 35.7 Å². The largest absolute Gasteiger partial charge is 0.391 e. The molecule has 1 saturated carbocycles. The van der Waals surface area contributed by atoms with Gasteiger partial charge in [-0.05, 0) is 63.8 Å². The minimum absolute atomic E-state index is 0.0636. The van der Waals surface area contributed by atoms with E-state index in [1.165, 1.54) is 17.0 Å². The van der Waals surface area contributed by atoms with Crippen LogP contribution in [0.25, 0.3) is 17.5 Å². The van der Waals surface area contributed by atoms with Gasteiger partial charge >= 0.3 is 6.18 Å². The summed E-state index contributed by atoms with van der Waals surface area (Å²) in [4.78, 5) is 18.7. The van der Waals surface area contributed by atoms with Crippen molar-refractivity contribution in [2.45, 2.75) is 57.3 Å². The Labute approximate surface area is 189 Å². The molecule has 1 aliphatic carbocycles. The van der Waals surface area contributed by atoms with Crippen molar-refractivity contribution in [3.05, 3.63) is 42.1 Å². The molecule has 1 fully saturated rings. The van der Waals surface area contributed by atoms with Crippen LogP contribution in [0.1, 0.15) is 45.4 Å². The lowest BCUT2D eigenvalue weighted by Gasteiger charge is -2.38. The van der Waals surface area contributed by atoms with Crippen LogP contribution in [0.2, 0.25) is 0 Å². The first-order valence-corrected chi connectivity index (χ1v) is 10.9. The van der Waals surface area contributed by atoms with E-state index in [9.17, 15) is 22.4 Å². The number of aromatic nitrogens is 2. The highest BCUT2D eigenvalue weighted by Crippen LogP contribution is 2.42. The summed E-state index contributed by atoms with van der Waals surface area (Å²) >= 11 is 0. The molecule has 2 aromatic rings. The van der Waals surface area contributed by atoms with E-state index in [2.05, 4.69) is 5.32 Å². The van der Waals surface area contributed by atoms with Crippen molar-refractivity contribution >= 4 is 17.9 Å². The lowest BCUT2D eigenvalue weighted by molar-refractivity contribution is -0.182. The van der Waals surface area contributed by atoms with Crippen LogP contribution in [-0.2, 0) is 10.3 Å². The summed E-state index contributed by atoms with van der Waals surface area (Å²) in [7, 11) is 0. The van der Waals surface area contributed by atoms with E-state index >= 15 is 0 Å². The van der Waals surface area contributed by atoms with Crippen molar-refractivity contribution in [3.8, 4) is 11.3 Å². The number of hydrogen-bond donors (Lipinski definition) is 2. The molecule has 3 N–H and O–H groups in total. The zero-order valence-electron chi connectivity index (χ0n) is 18.5. The quantitative estimate of drug-likeness (QED) is 0.643. The molecule has 0 spiro atoms. The van der Waals surface area contributed by atoms with Gasteiger partial charge in [-0.3, -0.25) is 9.36 Å². The molecule has 4 rings (SSSR count). The first kappa shape index (κ1) is 23.3. The first-order valence-electron chi connectivity index (χ1n) is 10.9. The van der Waals surface area contributed by atoms with E-state index in [4.69, 9.17) is 10.7 Å². The average Bonchev–Trinajstić information content (AvgIpc) is 3.13. The summed E-state index contributed by atoms with van der Waals surface area (Å²) in [5, 5.41) is 3.40. The summed E-state index contributed by atoms with van der Waals surface area (Å²) in [5.74, 6) is -0.758. The van der Waals surface area contributed by atoms with Crippen molar-refractivity contribution in [1.29, 1.82) is 0 Å². The zero-order valence-corrected chi connectivity index (χ0v) is 18.5. The number of hydrogen-bond acceptors (Lipinski definition) is 4. The third kappa shape index (κ3) is 4.36. The van der Waals surface area contributed by atoms with Gasteiger partial charge in [-0.15, -0.1) is 0 Å². The fraction of sp³-hybridized carbons (Fsp3) is 0.478. The van der Waals surface area contributed by atoms with Gasteiger partial charge in [0.25, 0.3) is 0 Å². The number of anilines is 1. The van der Waals surface area contributed by atoms with Crippen LogP contribution in [0.5, 0.6) is 0 Å². The summed E-state index contributed by atoms with van der Waals surface area (Å²) in [6, 6.07) is 5.71. The number of carbonyl (C=O) groups excluding carboxylic acids is 1. The number of nitrogens with one attached hydrogen (secondary N) is 1. The molecule has 1 aromatic carbocycles. The molecule has 0 radical (unpaired) electrons. The molecule has 0 saturated heterocycles. The molecular weight excluding hydrogens is 438 g/mol. The van der Waals surface area contributed by atoms with Crippen LogP contribution in [0.15, 0.2) is 30.5 Å². The Morgan fingerprint density at radius 1 is 1.15 bits per heavy atom. The topological polar surface area (TPSA) is 76.2 Å². The predicted octanol–water partition coefficient (Wildman–Crippen LogP) is 4.69. The molecular formula is C23H27F4N5O. The number of nitrogens with zero attached hydrogens (tertiary/aromatic N) is 3. The highest BCUT2D eigenvalue weighted by Gasteiger charge is 2.42. The van der Waals surface area contributed by atoms with Gasteiger partial charge in [0.15, 0.2) is 0 Å². The van der Waals surface area contributed by atoms with Gasteiger partial charge in [-0.2, -0.15) is 13.2 Å². The van der Waals surface area contributed by atoms with Crippen molar-refractivity contribution in [1.82, 2.24) is 14.5 Å². The average molecular weight is 465 g/mol. The molecule has 2 aliphatic rings. The Morgan fingerprint density at radius 3 is 2.36 bits per heavy atom. The fourth-order valence-corrected chi connectivity index (χ4v) is 4.64. The predicted molar refractivity (Wildman–Crippen MR) is 117 cm³/mol. The molecule has 0 bridgehead atoms. The number of rotatable bonds is 4. The van der Waals surface area contributed by atoms with Gasteiger partial charge in [-0.1, -0.05) is 0 Å². The number of fused-ring (bicyclic) bond motifs is 1. The number of benzene rings is 1. The maximum absolute atomic E-state index is 13.5. The van der Waals surface area contributed by atoms with Gasteiger partial charge < -0.3 is 16.0 Å². The Kier molecular flexibility index (Phi) is 5.98. The molecule has 6 nitrogen and oxygen atoms in total. The number of carbonyl (C=O) groups is 1. The number of halogens is 4. The van der Waals surface area contributed by atoms with Crippen LogP contribution in [-0.4, -0.2) is 39.1 Å². The summed E-state index contributed by atoms with van der Waals surface area (Å²) in [6.45, 7) is 3.53. The molecule has 1 aromatic heterocycles. The molecule has 1 aliphatic heterocycles. The smallest absolute Gasteiger partial charge is 0.367 e. The van der Waals surface area contributed by atoms with Crippen LogP contribution >= 0.6 is 0 Å². The maximum atomic E-state index is 13.5. The summed E-state index contributed by atoms with van der Waals surface area (Å²) in [5.41, 5.74) is 5.95. The number of amides is 1. The zero-order chi connectivity index (χ0) is 24.0. The first-order chi connectivity index (χ1) is 15.5. The molecule has 178 valence electrons. The van der Waals surface area contributed by atoms with Crippen molar-refractivity contribution < 1.29 is 22.4 Å². The van der Waals surface area contributed by atoms with Crippen LogP contribution in [0.4, 0.5) is 23.4 Å². The van der Waals surface area contributed by atoms with E-state index < -0.39 is 17.6 Å². The highest BCUT2D eigenvalue weighted by atomic mass is 19.4. The lowest BCUT2D eigenvalue weighted by Crippen LogP contribution is -2.47. The second kappa shape index (κ2) is 8.48. The van der Waals surface area contributed by atoms with E-state index in [-0.39, 0.29) is 37.2 Å². The normalized spacial score (nSPS) is 22.2. The molecule has 0 atom stereocenters. The number of alkyl halides is 3. The number of nitrogens with two attached hydrogens (primary N) is 1. The molecule has 10 heteroatoms. The molecule has 2 heterocycles. The van der Waals surface area contributed by atoms with Crippen molar-refractivity contribution in [2.75, 3.05) is 11.9 Å². The minimum Gasteiger partial charge on any atom is -0.367 e. The van der Waals surface area contributed by atoms with Crippen LogP contribution in [0, 0.1) is 11.7 Å². The lowest BCUT2D eigenvalue weighted by atomic mass is 9.85. The number of imidazole rings is 1. The Bertz CT molecular complexity index is 1050. The standard InChI is InChI=1S/C23H27F4N5O/c1-22(2)21-30-19(14-3-7-16(24)8-4-14)20(31(21)11-12-32(22)18(33)13-28)29-17-9-5-15(6-10-17)23(25,26)27/h3-4,7-8,11-12,15,17,29H,5-6,9-10,13,28H2,1-2H3. The monoisotopic (exact) mass is 465 g/mol. The van der Waals surface area contributed by atoms with Crippen molar-refractivity contribution in [2.24, 2.45) is 11.7 Å². The third-order valence-corrected chi connectivity index (χ3v) is 6.52. The molecule has 0 unspecified atom stereocenters. The van der Waals surface area contributed by atoms with Gasteiger partial charge in [0, 0.05) is 24.0 Å². The van der Waals surface area contributed by atoms with Gasteiger partial charge in [0.2, 0.25) is 5.91 Å². The second-order valence-corrected chi connectivity index (χ2v) is 9.07. The van der Waals surface area contributed by atoms with Crippen LogP contribution in [0.3, 0.4) is 0 Å². The minimum atomic E-state index is -4.17. The molecule has 1 amide bonds. The maximum Gasteiger partial charge on any atom is 0.391 e. The molecule has 33 heavy (non-hydrogen) atoms. The van der Waals surface area contributed by atoms with Crippen LogP contribution < -0.4 is 11.1 Å².